The number of ether oxygens (including phenoxy) is 2. The average Bonchev–Trinajstić information content (AvgIpc) is 2.35. The summed E-state index contributed by atoms with van der Waals surface area (Å²) in [5, 5.41) is 0. The van der Waals surface area contributed by atoms with Gasteiger partial charge in [-0.2, -0.15) is 0 Å². The Labute approximate surface area is 143 Å². The maximum atomic E-state index is 12.3. The summed E-state index contributed by atoms with van der Waals surface area (Å²) in [6.45, 7) is 19.8. The van der Waals surface area contributed by atoms with Crippen molar-refractivity contribution in [2.45, 2.75) is 105 Å². The van der Waals surface area contributed by atoms with E-state index in [1.165, 1.54) is 0 Å². The summed E-state index contributed by atoms with van der Waals surface area (Å²) in [6, 6.07) is 0. The number of hydrogen-bond acceptors (Lipinski definition) is 3. The maximum absolute atomic E-state index is 12.3. The number of carbonyl (C=O) groups excluding carboxylic acids is 1. The summed E-state index contributed by atoms with van der Waals surface area (Å²) in [5.41, 5.74) is -0.499. The van der Waals surface area contributed by atoms with E-state index in [4.69, 9.17) is 9.47 Å². The zero-order valence-electron chi connectivity index (χ0n) is 16.9. The van der Waals surface area contributed by atoms with E-state index in [1.54, 1.807) is 6.92 Å². The number of carbonyl (C=O) groups is 1. The highest BCUT2D eigenvalue weighted by atomic mass is 16.5. The second kappa shape index (κ2) is 9.63. The Morgan fingerprint density at radius 2 is 1.39 bits per heavy atom. The highest BCUT2D eigenvalue weighted by Gasteiger charge is 2.39. The second-order valence-corrected chi connectivity index (χ2v) is 7.99. The summed E-state index contributed by atoms with van der Waals surface area (Å²) in [5.74, 6) is 0.105. The fraction of sp³-hybridized carbons (Fsp3) is 0.947. The lowest BCUT2D eigenvalue weighted by Gasteiger charge is -2.48. The first kappa shape index (κ1) is 22.4. The molecule has 1 atom stereocenters. The van der Waals surface area contributed by atoms with Crippen molar-refractivity contribution in [2.75, 3.05) is 13.2 Å². The van der Waals surface area contributed by atoms with Crippen LogP contribution in [0.3, 0.4) is 0 Å². The summed E-state index contributed by atoms with van der Waals surface area (Å²) >= 11 is 0. The van der Waals surface area contributed by atoms with Crippen molar-refractivity contribution < 1.29 is 14.3 Å². The van der Waals surface area contributed by atoms with Crippen LogP contribution in [0.4, 0.5) is 0 Å². The van der Waals surface area contributed by atoms with E-state index in [0.29, 0.717) is 13.2 Å². The molecule has 0 aliphatic carbocycles. The van der Waals surface area contributed by atoms with Gasteiger partial charge in [0.25, 0.3) is 0 Å². The summed E-state index contributed by atoms with van der Waals surface area (Å²) in [7, 11) is 0. The standard InChI is InChI=1S/C19H39NO3/c1-10-16(4)23-14-12-19(8,9)20(17(5)21)18(6,7)11-13-22-15(2)3/h15-16H,10-14H2,1-9H3. The molecule has 0 radical (unpaired) electrons. The van der Waals surface area contributed by atoms with Gasteiger partial charge in [0.1, 0.15) is 0 Å². The summed E-state index contributed by atoms with van der Waals surface area (Å²) < 4.78 is 11.5. The van der Waals surface area contributed by atoms with Crippen LogP contribution in [-0.2, 0) is 14.3 Å². The SMILES string of the molecule is CCC(C)OCCC(C)(C)N(C(C)=O)C(C)(C)CCOC(C)C. The first-order chi connectivity index (χ1) is 10.4. The highest BCUT2D eigenvalue weighted by Crippen LogP contribution is 2.31. The van der Waals surface area contributed by atoms with Gasteiger partial charge in [0.15, 0.2) is 0 Å². The predicted molar refractivity (Wildman–Crippen MR) is 96.7 cm³/mol. The lowest BCUT2D eigenvalue weighted by molar-refractivity contribution is -0.144. The van der Waals surface area contributed by atoms with Crippen molar-refractivity contribution >= 4 is 5.91 Å². The fourth-order valence-corrected chi connectivity index (χ4v) is 3.07. The Morgan fingerprint density at radius 1 is 0.957 bits per heavy atom. The van der Waals surface area contributed by atoms with Crippen LogP contribution in [0.25, 0.3) is 0 Å². The van der Waals surface area contributed by atoms with Gasteiger partial charge in [-0.05, 0) is 67.7 Å². The molecule has 0 saturated heterocycles. The average molecular weight is 330 g/mol. The molecule has 4 nitrogen and oxygen atoms in total. The smallest absolute Gasteiger partial charge is 0.220 e. The Bertz CT molecular complexity index is 351. The number of amides is 1. The zero-order chi connectivity index (χ0) is 18.3. The monoisotopic (exact) mass is 329 g/mol. The molecular formula is C19H39NO3. The van der Waals surface area contributed by atoms with Gasteiger partial charge in [0, 0.05) is 31.2 Å². The Hall–Kier alpha value is -0.610. The topological polar surface area (TPSA) is 38.8 Å². The highest BCUT2D eigenvalue weighted by molar-refractivity contribution is 5.75. The molecule has 0 heterocycles. The third-order valence-corrected chi connectivity index (χ3v) is 4.38. The molecule has 1 unspecified atom stereocenters. The van der Waals surface area contributed by atoms with Crippen molar-refractivity contribution in [3.8, 4) is 0 Å². The van der Waals surface area contributed by atoms with Gasteiger partial charge in [-0.1, -0.05) is 6.92 Å². The fourth-order valence-electron chi connectivity index (χ4n) is 3.07. The van der Waals surface area contributed by atoms with Crippen LogP contribution in [0.15, 0.2) is 0 Å². The van der Waals surface area contributed by atoms with Crippen LogP contribution in [0.2, 0.25) is 0 Å². The number of nitrogens with zero attached hydrogens (tertiary/aromatic N) is 1. The van der Waals surface area contributed by atoms with Crippen molar-refractivity contribution in [3.05, 3.63) is 0 Å². The van der Waals surface area contributed by atoms with Crippen LogP contribution < -0.4 is 0 Å². The van der Waals surface area contributed by atoms with Crippen molar-refractivity contribution in [2.24, 2.45) is 0 Å². The molecule has 0 aliphatic heterocycles. The van der Waals surface area contributed by atoms with Gasteiger partial charge in [-0.15, -0.1) is 0 Å². The van der Waals surface area contributed by atoms with E-state index in [2.05, 4.69) is 41.5 Å². The Balaban J connectivity index is 4.87. The minimum absolute atomic E-state index is 0.105. The van der Waals surface area contributed by atoms with Crippen molar-refractivity contribution in [1.29, 1.82) is 0 Å². The molecule has 0 N–H and O–H groups in total. The Morgan fingerprint density at radius 3 is 1.74 bits per heavy atom. The lowest BCUT2D eigenvalue weighted by atomic mass is 9.88. The zero-order valence-corrected chi connectivity index (χ0v) is 16.9. The molecule has 0 saturated carbocycles. The molecule has 138 valence electrons. The van der Waals surface area contributed by atoms with E-state index in [1.807, 2.05) is 18.7 Å². The van der Waals surface area contributed by atoms with Gasteiger partial charge in [0.2, 0.25) is 5.91 Å². The molecule has 0 spiro atoms. The van der Waals surface area contributed by atoms with Crippen LogP contribution in [0.5, 0.6) is 0 Å². The van der Waals surface area contributed by atoms with Crippen LogP contribution >= 0.6 is 0 Å². The number of rotatable bonds is 11. The molecule has 0 bridgehead atoms. The minimum Gasteiger partial charge on any atom is -0.379 e. The molecule has 1 amide bonds. The number of hydrogen-bond donors (Lipinski definition) is 0. The van der Waals surface area contributed by atoms with Gasteiger partial charge in [-0.25, -0.2) is 0 Å². The largest absolute Gasteiger partial charge is 0.379 e. The van der Waals surface area contributed by atoms with Crippen LogP contribution in [0.1, 0.15) is 81.6 Å². The Kier molecular flexibility index (Phi) is 9.37. The first-order valence-electron chi connectivity index (χ1n) is 8.98. The van der Waals surface area contributed by atoms with Gasteiger partial charge in [-0.3, -0.25) is 4.79 Å². The molecule has 4 heteroatoms. The van der Waals surface area contributed by atoms with Crippen LogP contribution in [0, 0.1) is 0 Å². The van der Waals surface area contributed by atoms with E-state index >= 15 is 0 Å². The van der Waals surface area contributed by atoms with Gasteiger partial charge < -0.3 is 14.4 Å². The molecule has 0 rings (SSSR count). The summed E-state index contributed by atoms with van der Waals surface area (Å²) in [4.78, 5) is 14.3. The molecular weight excluding hydrogens is 290 g/mol. The van der Waals surface area contributed by atoms with Gasteiger partial charge in [0.05, 0.1) is 12.2 Å². The predicted octanol–water partition coefficient (Wildman–Crippen LogP) is 4.41. The normalized spacial score (nSPS) is 14.2. The van der Waals surface area contributed by atoms with Crippen molar-refractivity contribution in [3.63, 3.8) is 0 Å². The summed E-state index contributed by atoms with van der Waals surface area (Å²) in [6.07, 6.45) is 3.14. The first-order valence-corrected chi connectivity index (χ1v) is 8.98. The molecule has 0 aromatic rings. The van der Waals surface area contributed by atoms with Crippen molar-refractivity contribution in [1.82, 2.24) is 4.90 Å². The molecule has 0 aromatic carbocycles. The van der Waals surface area contributed by atoms with Gasteiger partial charge >= 0.3 is 0 Å². The minimum atomic E-state index is -0.249. The van der Waals surface area contributed by atoms with E-state index in [-0.39, 0.29) is 29.2 Å². The molecule has 0 aliphatic rings. The van der Waals surface area contributed by atoms with E-state index in [0.717, 1.165) is 19.3 Å². The molecule has 0 aromatic heterocycles. The molecule has 23 heavy (non-hydrogen) atoms. The lowest BCUT2D eigenvalue weighted by Crippen LogP contribution is -2.58. The van der Waals surface area contributed by atoms with E-state index < -0.39 is 0 Å². The third kappa shape index (κ3) is 8.16. The van der Waals surface area contributed by atoms with Crippen LogP contribution in [-0.4, -0.2) is 47.3 Å². The maximum Gasteiger partial charge on any atom is 0.220 e. The second-order valence-electron chi connectivity index (χ2n) is 7.99. The molecule has 0 fully saturated rings. The third-order valence-electron chi connectivity index (χ3n) is 4.38. The quantitative estimate of drug-likeness (QED) is 0.563. The van der Waals surface area contributed by atoms with E-state index in [9.17, 15) is 4.79 Å².